The molecular formula is C18H27NOS. The molecule has 0 saturated heterocycles. The quantitative estimate of drug-likeness (QED) is 0.706. The van der Waals surface area contributed by atoms with Gasteiger partial charge in [-0.3, -0.25) is 4.79 Å². The van der Waals surface area contributed by atoms with Crippen LogP contribution in [0.15, 0.2) is 36.1 Å². The molecule has 2 nitrogen and oxygen atoms in total. The summed E-state index contributed by atoms with van der Waals surface area (Å²) in [4.78, 5) is 15.1. The Bertz CT molecular complexity index is 470. The van der Waals surface area contributed by atoms with Gasteiger partial charge in [0.15, 0.2) is 0 Å². The number of allylic oxidation sites excluding steroid dienone is 2. The fraction of sp³-hybridized carbons (Fsp3) is 0.611. The number of thioether (sulfide) groups is 1. The van der Waals surface area contributed by atoms with Gasteiger partial charge in [-0.05, 0) is 32.1 Å². The first-order chi connectivity index (χ1) is 9.92. The monoisotopic (exact) mass is 305 g/mol. The normalized spacial score (nSPS) is 22.8. The molecule has 0 bridgehead atoms. The summed E-state index contributed by atoms with van der Waals surface area (Å²) in [6, 6.07) is 0.511. The third kappa shape index (κ3) is 4.26. The van der Waals surface area contributed by atoms with Gasteiger partial charge in [0.25, 0.3) is 0 Å². The smallest absolute Gasteiger partial charge is 0.217 e. The van der Waals surface area contributed by atoms with Crippen molar-refractivity contribution in [3.63, 3.8) is 0 Å². The summed E-state index contributed by atoms with van der Waals surface area (Å²) >= 11 is 1.48. The maximum Gasteiger partial charge on any atom is 0.217 e. The lowest BCUT2D eigenvalue weighted by atomic mass is 9.93. The lowest BCUT2D eigenvalue weighted by Gasteiger charge is -2.39. The Morgan fingerprint density at radius 3 is 2.86 bits per heavy atom. The van der Waals surface area contributed by atoms with Crippen molar-refractivity contribution in [3.8, 4) is 0 Å². The van der Waals surface area contributed by atoms with Crippen molar-refractivity contribution in [2.24, 2.45) is 0 Å². The van der Waals surface area contributed by atoms with E-state index in [4.69, 9.17) is 0 Å². The summed E-state index contributed by atoms with van der Waals surface area (Å²) in [6.07, 6.45) is 11.5. The summed E-state index contributed by atoms with van der Waals surface area (Å²) in [7, 11) is 0. The summed E-state index contributed by atoms with van der Waals surface area (Å²) in [5.41, 5.74) is 2.36. The van der Waals surface area contributed by atoms with E-state index in [1.165, 1.54) is 17.5 Å². The maximum absolute atomic E-state index is 12.7. The summed E-state index contributed by atoms with van der Waals surface area (Å²) in [6.45, 7) is 11.1. The van der Waals surface area contributed by atoms with E-state index in [-0.39, 0.29) is 9.86 Å². The standard InChI is InChI=1S/C18H27NOS/c1-5-9-14-11-12-15(17(20)21-18(2,3)4)16-10-7-6-8-13-19(14)16/h5-6,8,14H,1,7,9-13H2,2-4H3. The van der Waals surface area contributed by atoms with Crippen LogP contribution in [-0.2, 0) is 4.79 Å². The van der Waals surface area contributed by atoms with Gasteiger partial charge in [-0.25, -0.2) is 0 Å². The highest BCUT2D eigenvalue weighted by atomic mass is 32.2. The van der Waals surface area contributed by atoms with Crippen molar-refractivity contribution >= 4 is 16.9 Å². The molecule has 1 unspecified atom stereocenters. The molecule has 0 amide bonds. The lowest BCUT2D eigenvalue weighted by Crippen LogP contribution is -2.39. The molecule has 0 aliphatic carbocycles. The van der Waals surface area contributed by atoms with Crippen LogP contribution >= 0.6 is 11.8 Å². The second-order valence-corrected chi connectivity index (χ2v) is 8.61. The van der Waals surface area contributed by atoms with E-state index in [1.807, 2.05) is 6.08 Å². The van der Waals surface area contributed by atoms with Gasteiger partial charge in [-0.15, -0.1) is 6.58 Å². The minimum atomic E-state index is -0.0174. The fourth-order valence-electron chi connectivity index (χ4n) is 3.08. The first kappa shape index (κ1) is 16.4. The van der Waals surface area contributed by atoms with Crippen LogP contribution in [0.2, 0.25) is 0 Å². The Kier molecular flexibility index (Phi) is 5.37. The topological polar surface area (TPSA) is 20.3 Å². The Labute approximate surface area is 133 Å². The summed E-state index contributed by atoms with van der Waals surface area (Å²) in [5, 5.41) is 0.279. The molecule has 21 heavy (non-hydrogen) atoms. The molecular weight excluding hydrogens is 278 g/mol. The van der Waals surface area contributed by atoms with Gasteiger partial charge in [-0.1, -0.05) is 50.8 Å². The molecule has 0 N–H and O–H groups in total. The molecule has 0 spiro atoms. The number of carbonyl (C=O) groups excluding carboxylic acids is 1. The van der Waals surface area contributed by atoms with E-state index < -0.39 is 0 Å². The summed E-state index contributed by atoms with van der Waals surface area (Å²) in [5.74, 6) is 0. The Morgan fingerprint density at radius 1 is 1.43 bits per heavy atom. The van der Waals surface area contributed by atoms with Crippen molar-refractivity contribution in [1.29, 1.82) is 0 Å². The molecule has 3 heteroatoms. The highest BCUT2D eigenvalue weighted by molar-refractivity contribution is 8.15. The molecule has 0 aromatic carbocycles. The van der Waals surface area contributed by atoms with Gasteiger partial charge in [0.05, 0.1) is 0 Å². The molecule has 2 rings (SSSR count). The highest BCUT2D eigenvalue weighted by Gasteiger charge is 2.31. The molecule has 2 aliphatic rings. The van der Waals surface area contributed by atoms with Crippen molar-refractivity contribution in [3.05, 3.63) is 36.1 Å². The van der Waals surface area contributed by atoms with Gasteiger partial charge in [0.2, 0.25) is 5.12 Å². The van der Waals surface area contributed by atoms with Crippen LogP contribution in [0.25, 0.3) is 0 Å². The van der Waals surface area contributed by atoms with Gasteiger partial charge >= 0.3 is 0 Å². The first-order valence-electron chi connectivity index (χ1n) is 7.90. The van der Waals surface area contributed by atoms with Crippen LogP contribution < -0.4 is 0 Å². The number of hydrogen-bond acceptors (Lipinski definition) is 3. The molecule has 2 heterocycles. The predicted octanol–water partition coefficient (Wildman–Crippen LogP) is 4.69. The second-order valence-electron chi connectivity index (χ2n) is 6.81. The zero-order valence-corrected chi connectivity index (χ0v) is 14.3. The van der Waals surface area contributed by atoms with Gasteiger partial charge in [0.1, 0.15) is 0 Å². The molecule has 1 atom stereocenters. The molecule has 2 aliphatic heterocycles. The number of hydrogen-bond donors (Lipinski definition) is 0. The fourth-order valence-corrected chi connectivity index (χ4v) is 3.98. The number of nitrogens with zero attached hydrogens (tertiary/aromatic N) is 1. The number of rotatable bonds is 3. The molecule has 0 fully saturated rings. The van der Waals surface area contributed by atoms with Crippen molar-refractivity contribution < 1.29 is 4.79 Å². The van der Waals surface area contributed by atoms with Crippen LogP contribution in [0.5, 0.6) is 0 Å². The largest absolute Gasteiger partial charge is 0.367 e. The van der Waals surface area contributed by atoms with Gasteiger partial charge in [0, 0.05) is 28.6 Å². The zero-order valence-electron chi connectivity index (χ0n) is 13.5. The lowest BCUT2D eigenvalue weighted by molar-refractivity contribution is -0.108. The van der Waals surface area contributed by atoms with E-state index in [1.54, 1.807) is 0 Å². The van der Waals surface area contributed by atoms with Crippen molar-refractivity contribution in [2.75, 3.05) is 6.54 Å². The van der Waals surface area contributed by atoms with Crippen LogP contribution in [0.4, 0.5) is 0 Å². The summed E-state index contributed by atoms with van der Waals surface area (Å²) < 4.78 is -0.0174. The van der Waals surface area contributed by atoms with Crippen molar-refractivity contribution in [1.82, 2.24) is 4.90 Å². The van der Waals surface area contributed by atoms with E-state index in [9.17, 15) is 4.79 Å². The first-order valence-corrected chi connectivity index (χ1v) is 8.72. The molecule has 0 aromatic rings. The van der Waals surface area contributed by atoms with E-state index in [2.05, 4.69) is 44.4 Å². The van der Waals surface area contributed by atoms with E-state index in [0.717, 1.165) is 44.2 Å². The average molecular weight is 305 g/mol. The Morgan fingerprint density at radius 2 is 2.19 bits per heavy atom. The predicted molar refractivity (Wildman–Crippen MR) is 92.3 cm³/mol. The Balaban J connectivity index is 2.28. The molecule has 0 saturated carbocycles. The van der Waals surface area contributed by atoms with Crippen LogP contribution in [-0.4, -0.2) is 27.3 Å². The van der Waals surface area contributed by atoms with Crippen LogP contribution in [0.3, 0.4) is 0 Å². The average Bonchev–Trinajstić information content (AvgIpc) is 2.63. The highest BCUT2D eigenvalue weighted by Crippen LogP contribution is 2.37. The maximum atomic E-state index is 12.7. The third-order valence-electron chi connectivity index (χ3n) is 3.96. The van der Waals surface area contributed by atoms with Crippen LogP contribution in [0, 0.1) is 0 Å². The minimum Gasteiger partial charge on any atom is -0.367 e. The number of fused-ring (bicyclic) bond motifs is 1. The Hall–Kier alpha value is -0.960. The van der Waals surface area contributed by atoms with Gasteiger partial charge < -0.3 is 4.90 Å². The second kappa shape index (κ2) is 6.87. The minimum absolute atomic E-state index is 0.0174. The molecule has 0 aromatic heterocycles. The molecule has 0 radical (unpaired) electrons. The van der Waals surface area contributed by atoms with E-state index >= 15 is 0 Å². The number of carbonyl (C=O) groups is 1. The third-order valence-corrected chi connectivity index (χ3v) is 5.01. The zero-order chi connectivity index (χ0) is 15.5. The SMILES string of the molecule is C=CCC1CCC(C(=O)SC(C)(C)C)=C2CCC=CCN21. The van der Waals surface area contributed by atoms with Crippen LogP contribution in [0.1, 0.15) is 52.9 Å². The van der Waals surface area contributed by atoms with Crippen molar-refractivity contribution in [2.45, 2.75) is 63.7 Å². The van der Waals surface area contributed by atoms with E-state index in [0.29, 0.717) is 6.04 Å². The molecule has 116 valence electrons. The van der Waals surface area contributed by atoms with Gasteiger partial charge in [-0.2, -0.15) is 0 Å².